The molecule has 0 aliphatic heterocycles. The molecule has 0 radical (unpaired) electrons. The minimum absolute atomic E-state index is 0.150. The fourth-order valence-corrected chi connectivity index (χ4v) is 2.74. The van der Waals surface area contributed by atoms with Crippen LogP contribution in [0.25, 0.3) is 0 Å². The molecule has 20 heavy (non-hydrogen) atoms. The smallest absolute Gasteiger partial charge is 0.123 e. The molecule has 1 fully saturated rings. The van der Waals surface area contributed by atoms with Gasteiger partial charge in [-0.25, -0.2) is 4.39 Å². The zero-order valence-corrected chi connectivity index (χ0v) is 11.7. The molecule has 1 aliphatic rings. The van der Waals surface area contributed by atoms with Crippen molar-refractivity contribution in [3.8, 4) is 0 Å². The van der Waals surface area contributed by atoms with E-state index in [0.29, 0.717) is 12.0 Å². The first-order valence-corrected chi connectivity index (χ1v) is 7.30. The van der Waals surface area contributed by atoms with Gasteiger partial charge in [0.2, 0.25) is 0 Å². The van der Waals surface area contributed by atoms with E-state index < -0.39 is 0 Å². The monoisotopic (exact) mass is 269 g/mol. The molecular weight excluding hydrogens is 249 g/mol. The third-order valence-electron chi connectivity index (χ3n) is 4.03. The van der Waals surface area contributed by atoms with Crippen molar-refractivity contribution in [3.63, 3.8) is 0 Å². The molecular formula is C18H20FN. The highest BCUT2D eigenvalue weighted by Crippen LogP contribution is 2.42. The summed E-state index contributed by atoms with van der Waals surface area (Å²) >= 11 is 0. The molecule has 2 heteroatoms. The van der Waals surface area contributed by atoms with Crippen molar-refractivity contribution in [2.75, 3.05) is 0 Å². The van der Waals surface area contributed by atoms with Gasteiger partial charge in [-0.15, -0.1) is 0 Å². The molecule has 0 heterocycles. The first-order chi connectivity index (χ1) is 9.74. The van der Waals surface area contributed by atoms with Gasteiger partial charge in [0.1, 0.15) is 5.82 Å². The van der Waals surface area contributed by atoms with Gasteiger partial charge in [0.05, 0.1) is 0 Å². The molecule has 0 amide bonds. The van der Waals surface area contributed by atoms with Crippen molar-refractivity contribution >= 4 is 0 Å². The van der Waals surface area contributed by atoms with E-state index in [4.69, 9.17) is 0 Å². The molecule has 2 aromatic carbocycles. The van der Waals surface area contributed by atoms with E-state index in [2.05, 4.69) is 36.5 Å². The second-order valence-corrected chi connectivity index (χ2v) is 5.67. The molecule has 2 atom stereocenters. The van der Waals surface area contributed by atoms with Gasteiger partial charge in [-0.05, 0) is 48.9 Å². The van der Waals surface area contributed by atoms with Crippen LogP contribution >= 0.6 is 0 Å². The van der Waals surface area contributed by atoms with Gasteiger partial charge in [-0.2, -0.15) is 0 Å². The average molecular weight is 269 g/mol. The first kappa shape index (κ1) is 13.3. The molecule has 2 aromatic rings. The van der Waals surface area contributed by atoms with E-state index in [0.717, 1.165) is 5.56 Å². The van der Waals surface area contributed by atoms with Crippen LogP contribution in [0.1, 0.15) is 43.0 Å². The van der Waals surface area contributed by atoms with Crippen molar-refractivity contribution in [1.29, 1.82) is 0 Å². The first-order valence-electron chi connectivity index (χ1n) is 7.30. The number of halogens is 1. The average Bonchev–Trinajstić information content (AvgIpc) is 3.30. The van der Waals surface area contributed by atoms with Crippen LogP contribution in [0.3, 0.4) is 0 Å². The van der Waals surface area contributed by atoms with E-state index >= 15 is 0 Å². The Morgan fingerprint density at radius 3 is 2.35 bits per heavy atom. The van der Waals surface area contributed by atoms with Crippen molar-refractivity contribution in [2.24, 2.45) is 5.92 Å². The minimum Gasteiger partial charge on any atom is -0.303 e. The molecule has 2 unspecified atom stereocenters. The molecule has 0 spiro atoms. The summed E-state index contributed by atoms with van der Waals surface area (Å²) in [6.07, 6.45) is 2.56. The molecule has 0 bridgehead atoms. The molecule has 1 saturated carbocycles. The topological polar surface area (TPSA) is 12.0 Å². The zero-order chi connectivity index (χ0) is 13.9. The van der Waals surface area contributed by atoms with Gasteiger partial charge >= 0.3 is 0 Å². The Balaban J connectivity index is 1.77. The van der Waals surface area contributed by atoms with Crippen LogP contribution in [0.15, 0.2) is 54.6 Å². The largest absolute Gasteiger partial charge is 0.303 e. The van der Waals surface area contributed by atoms with Gasteiger partial charge in [-0.3, -0.25) is 0 Å². The third-order valence-corrected chi connectivity index (χ3v) is 4.03. The third kappa shape index (κ3) is 3.07. The molecule has 1 aliphatic carbocycles. The SMILES string of the molecule is CC(NC(c1ccccc1)C1CC1)c1cccc(F)c1. The molecule has 0 aromatic heterocycles. The molecule has 1 N–H and O–H groups in total. The summed E-state index contributed by atoms with van der Waals surface area (Å²) in [6, 6.07) is 17.9. The molecule has 0 saturated heterocycles. The summed E-state index contributed by atoms with van der Waals surface area (Å²) in [5.41, 5.74) is 2.34. The Labute approximate surface area is 119 Å². The van der Waals surface area contributed by atoms with Crippen molar-refractivity contribution in [2.45, 2.75) is 31.8 Å². The Morgan fingerprint density at radius 1 is 1.00 bits per heavy atom. The maximum atomic E-state index is 13.3. The van der Waals surface area contributed by atoms with Crippen LogP contribution in [-0.2, 0) is 0 Å². The van der Waals surface area contributed by atoms with E-state index in [1.807, 2.05) is 12.1 Å². The van der Waals surface area contributed by atoms with Gasteiger partial charge in [0.15, 0.2) is 0 Å². The van der Waals surface area contributed by atoms with Crippen molar-refractivity contribution in [3.05, 3.63) is 71.5 Å². The Bertz CT molecular complexity index is 563. The highest BCUT2D eigenvalue weighted by molar-refractivity contribution is 5.24. The van der Waals surface area contributed by atoms with Crippen LogP contribution < -0.4 is 5.32 Å². The minimum atomic E-state index is -0.168. The summed E-state index contributed by atoms with van der Waals surface area (Å²) in [6.45, 7) is 2.10. The predicted octanol–water partition coefficient (Wildman–Crippen LogP) is 4.63. The molecule has 1 nitrogen and oxygen atoms in total. The second-order valence-electron chi connectivity index (χ2n) is 5.67. The Hall–Kier alpha value is -1.67. The summed E-state index contributed by atoms with van der Waals surface area (Å²) in [5, 5.41) is 3.67. The summed E-state index contributed by atoms with van der Waals surface area (Å²) in [4.78, 5) is 0. The highest BCUT2D eigenvalue weighted by Gasteiger charge is 2.33. The van der Waals surface area contributed by atoms with E-state index in [-0.39, 0.29) is 11.9 Å². The normalized spacial score (nSPS) is 17.7. The lowest BCUT2D eigenvalue weighted by molar-refractivity contribution is 0.426. The van der Waals surface area contributed by atoms with E-state index in [1.54, 1.807) is 12.1 Å². The Morgan fingerprint density at radius 2 is 1.70 bits per heavy atom. The van der Waals surface area contributed by atoms with Crippen LogP contribution in [0.2, 0.25) is 0 Å². The number of benzene rings is 2. The maximum Gasteiger partial charge on any atom is 0.123 e. The summed E-state index contributed by atoms with van der Waals surface area (Å²) in [5.74, 6) is 0.548. The van der Waals surface area contributed by atoms with Gasteiger partial charge < -0.3 is 5.32 Å². The number of hydrogen-bond acceptors (Lipinski definition) is 1. The Kier molecular flexibility index (Phi) is 3.83. The second kappa shape index (κ2) is 5.76. The number of rotatable bonds is 5. The van der Waals surface area contributed by atoms with Crippen LogP contribution in [0.4, 0.5) is 4.39 Å². The number of nitrogens with one attached hydrogen (secondary N) is 1. The fraction of sp³-hybridized carbons (Fsp3) is 0.333. The fourth-order valence-electron chi connectivity index (χ4n) is 2.74. The standard InChI is InChI=1S/C18H20FN/c1-13(16-8-5-9-17(19)12-16)20-18(15-10-11-15)14-6-3-2-4-7-14/h2-9,12-13,15,18,20H,10-11H2,1H3. The summed E-state index contributed by atoms with van der Waals surface area (Å²) in [7, 11) is 0. The predicted molar refractivity (Wildman–Crippen MR) is 79.9 cm³/mol. The van der Waals surface area contributed by atoms with E-state index in [9.17, 15) is 4.39 Å². The van der Waals surface area contributed by atoms with Gasteiger partial charge in [-0.1, -0.05) is 42.5 Å². The lowest BCUT2D eigenvalue weighted by atomic mass is 9.99. The molecule has 104 valence electrons. The van der Waals surface area contributed by atoms with Crippen LogP contribution in [-0.4, -0.2) is 0 Å². The summed E-state index contributed by atoms with van der Waals surface area (Å²) < 4.78 is 13.3. The van der Waals surface area contributed by atoms with Crippen molar-refractivity contribution < 1.29 is 4.39 Å². The van der Waals surface area contributed by atoms with Gasteiger partial charge in [0, 0.05) is 12.1 Å². The van der Waals surface area contributed by atoms with Crippen molar-refractivity contribution in [1.82, 2.24) is 5.32 Å². The zero-order valence-electron chi connectivity index (χ0n) is 11.7. The maximum absolute atomic E-state index is 13.3. The van der Waals surface area contributed by atoms with Gasteiger partial charge in [0.25, 0.3) is 0 Å². The lowest BCUT2D eigenvalue weighted by Crippen LogP contribution is -2.26. The molecule has 3 rings (SSSR count). The lowest BCUT2D eigenvalue weighted by Gasteiger charge is -2.24. The van der Waals surface area contributed by atoms with Crippen LogP contribution in [0.5, 0.6) is 0 Å². The quantitative estimate of drug-likeness (QED) is 0.834. The highest BCUT2D eigenvalue weighted by atomic mass is 19.1. The number of hydrogen-bond donors (Lipinski definition) is 1. The van der Waals surface area contributed by atoms with E-state index in [1.165, 1.54) is 24.5 Å². The van der Waals surface area contributed by atoms with Crippen LogP contribution in [0, 0.1) is 11.7 Å².